The monoisotopic (exact) mass is 419 g/mol. The van der Waals surface area contributed by atoms with Crippen molar-refractivity contribution in [2.45, 2.75) is 12.3 Å². The number of amides is 1. The third kappa shape index (κ3) is 3.16. The summed E-state index contributed by atoms with van der Waals surface area (Å²) in [5, 5.41) is 12.9. The number of carboxylic acids is 1. The summed E-state index contributed by atoms with van der Waals surface area (Å²) in [5.74, 6) is -3.72. The van der Waals surface area contributed by atoms with Gasteiger partial charge in [-0.3, -0.25) is 4.79 Å². The lowest BCUT2D eigenvalue weighted by molar-refractivity contribution is -0.116. The van der Waals surface area contributed by atoms with Crippen LogP contribution in [0.2, 0.25) is 5.02 Å². The van der Waals surface area contributed by atoms with E-state index in [1.54, 1.807) is 24.3 Å². The first-order valence-electron chi connectivity index (χ1n) is 8.26. The highest BCUT2D eigenvalue weighted by Gasteiger charge is 2.35. The zero-order valence-electron chi connectivity index (χ0n) is 14.1. The SMILES string of the molecule is O=C1C[C@@H](c2ccc(F)cc2F)c2sc(C(=O)O)c(-c3ccc(Cl)cc3)c2N1. The predicted octanol–water partition coefficient (Wildman–Crippen LogP) is 5.52. The fourth-order valence-corrected chi connectivity index (χ4v) is 4.73. The van der Waals surface area contributed by atoms with Crippen LogP contribution in [0.25, 0.3) is 11.1 Å². The second-order valence-electron chi connectivity index (χ2n) is 6.33. The highest BCUT2D eigenvalue weighted by Crippen LogP contribution is 2.49. The number of carbonyl (C=O) groups excluding carboxylic acids is 1. The van der Waals surface area contributed by atoms with E-state index < -0.39 is 23.5 Å². The number of hydrogen-bond donors (Lipinski definition) is 2. The number of rotatable bonds is 3. The first kappa shape index (κ1) is 18.6. The Morgan fingerprint density at radius 2 is 1.89 bits per heavy atom. The maximum atomic E-state index is 14.4. The quantitative estimate of drug-likeness (QED) is 0.587. The Morgan fingerprint density at radius 3 is 2.54 bits per heavy atom. The van der Waals surface area contributed by atoms with E-state index in [9.17, 15) is 23.5 Å². The topological polar surface area (TPSA) is 66.4 Å². The fraction of sp³-hybridized carbons (Fsp3) is 0.100. The van der Waals surface area contributed by atoms with Crippen molar-refractivity contribution in [2.75, 3.05) is 5.32 Å². The van der Waals surface area contributed by atoms with Gasteiger partial charge in [-0.05, 0) is 29.3 Å². The van der Waals surface area contributed by atoms with Crippen molar-refractivity contribution < 1.29 is 23.5 Å². The summed E-state index contributed by atoms with van der Waals surface area (Å²) in [6, 6.07) is 9.73. The number of fused-ring (bicyclic) bond motifs is 1. The normalized spacial score (nSPS) is 15.8. The van der Waals surface area contributed by atoms with Crippen molar-refractivity contribution in [3.63, 3.8) is 0 Å². The third-order valence-electron chi connectivity index (χ3n) is 4.57. The molecule has 0 aliphatic carbocycles. The van der Waals surface area contributed by atoms with Crippen LogP contribution in [0.3, 0.4) is 0 Å². The summed E-state index contributed by atoms with van der Waals surface area (Å²) in [6.45, 7) is 0. The van der Waals surface area contributed by atoms with Gasteiger partial charge in [-0.25, -0.2) is 13.6 Å². The van der Waals surface area contributed by atoms with E-state index in [0.29, 0.717) is 26.7 Å². The van der Waals surface area contributed by atoms with Gasteiger partial charge in [-0.15, -0.1) is 11.3 Å². The van der Waals surface area contributed by atoms with Crippen LogP contribution in [-0.4, -0.2) is 17.0 Å². The van der Waals surface area contributed by atoms with Gasteiger partial charge in [0.25, 0.3) is 0 Å². The second kappa shape index (κ2) is 7.00. The largest absolute Gasteiger partial charge is 0.477 e. The predicted molar refractivity (Wildman–Crippen MR) is 103 cm³/mol. The summed E-state index contributed by atoms with van der Waals surface area (Å²) in [5.41, 5.74) is 1.41. The molecule has 0 saturated carbocycles. The summed E-state index contributed by atoms with van der Waals surface area (Å²) in [7, 11) is 0. The van der Waals surface area contributed by atoms with Crippen LogP contribution < -0.4 is 5.32 Å². The molecular weight excluding hydrogens is 408 g/mol. The number of benzene rings is 2. The molecule has 0 fully saturated rings. The maximum absolute atomic E-state index is 14.4. The van der Waals surface area contributed by atoms with Gasteiger partial charge in [0.1, 0.15) is 16.5 Å². The molecule has 2 heterocycles. The standard InChI is InChI=1S/C20H12ClF2NO3S/c21-10-3-1-9(2-4-10)16-17-18(28-19(16)20(26)27)13(8-15(25)24-17)12-6-5-11(22)7-14(12)23/h1-7,13H,8H2,(H,24,25)(H,26,27)/t13-/m0/s1. The Bertz CT molecular complexity index is 1110. The molecule has 1 atom stereocenters. The van der Waals surface area contributed by atoms with Gasteiger partial charge in [0.05, 0.1) is 5.69 Å². The molecule has 1 aromatic heterocycles. The van der Waals surface area contributed by atoms with Crippen molar-refractivity contribution in [1.82, 2.24) is 0 Å². The minimum atomic E-state index is -1.16. The highest BCUT2D eigenvalue weighted by atomic mass is 35.5. The summed E-state index contributed by atoms with van der Waals surface area (Å²) >= 11 is 6.90. The summed E-state index contributed by atoms with van der Waals surface area (Å²) < 4.78 is 27.7. The molecule has 28 heavy (non-hydrogen) atoms. The number of carbonyl (C=O) groups is 2. The van der Waals surface area contributed by atoms with Crippen molar-refractivity contribution >= 4 is 40.5 Å². The molecule has 142 valence electrons. The molecule has 2 aromatic carbocycles. The van der Waals surface area contributed by atoms with E-state index >= 15 is 0 Å². The van der Waals surface area contributed by atoms with E-state index in [1.165, 1.54) is 6.07 Å². The lowest BCUT2D eigenvalue weighted by Crippen LogP contribution is -2.23. The van der Waals surface area contributed by atoms with Gasteiger partial charge in [-0.2, -0.15) is 0 Å². The smallest absolute Gasteiger partial charge is 0.346 e. The number of anilines is 1. The fourth-order valence-electron chi connectivity index (χ4n) is 3.36. The number of halogens is 3. The Labute approximate surface area is 167 Å². The van der Waals surface area contributed by atoms with Crippen molar-refractivity contribution in [2.24, 2.45) is 0 Å². The summed E-state index contributed by atoms with van der Waals surface area (Å²) in [4.78, 5) is 24.7. The first-order chi connectivity index (χ1) is 13.3. The Hall–Kier alpha value is -2.77. The number of nitrogens with one attached hydrogen (secondary N) is 1. The Morgan fingerprint density at radius 1 is 1.18 bits per heavy atom. The van der Waals surface area contributed by atoms with E-state index in [0.717, 1.165) is 23.5 Å². The molecule has 3 aromatic rings. The van der Waals surface area contributed by atoms with Crippen LogP contribution in [-0.2, 0) is 4.79 Å². The molecule has 0 bridgehead atoms. The molecule has 0 unspecified atom stereocenters. The van der Waals surface area contributed by atoms with E-state index in [-0.39, 0.29) is 22.8 Å². The molecule has 0 spiro atoms. The van der Waals surface area contributed by atoms with Crippen LogP contribution in [0, 0.1) is 11.6 Å². The minimum Gasteiger partial charge on any atom is -0.477 e. The van der Waals surface area contributed by atoms with Gasteiger partial charge in [0.2, 0.25) is 5.91 Å². The highest BCUT2D eigenvalue weighted by molar-refractivity contribution is 7.15. The van der Waals surface area contributed by atoms with E-state index in [1.807, 2.05) is 0 Å². The van der Waals surface area contributed by atoms with Crippen molar-refractivity contribution in [3.05, 3.63) is 74.4 Å². The van der Waals surface area contributed by atoms with Gasteiger partial charge >= 0.3 is 5.97 Å². The minimum absolute atomic E-state index is 0.0297. The number of aromatic carboxylic acids is 1. The van der Waals surface area contributed by atoms with Crippen LogP contribution in [0.4, 0.5) is 14.5 Å². The average molecular weight is 420 g/mol. The lowest BCUT2D eigenvalue weighted by Gasteiger charge is -2.24. The molecule has 0 saturated heterocycles. The van der Waals surface area contributed by atoms with E-state index in [4.69, 9.17) is 11.6 Å². The van der Waals surface area contributed by atoms with Gasteiger partial charge in [0.15, 0.2) is 0 Å². The molecule has 1 aliphatic heterocycles. The number of hydrogen-bond acceptors (Lipinski definition) is 3. The van der Waals surface area contributed by atoms with E-state index in [2.05, 4.69) is 5.32 Å². The molecule has 0 radical (unpaired) electrons. The van der Waals surface area contributed by atoms with Crippen molar-refractivity contribution in [3.8, 4) is 11.1 Å². The lowest BCUT2D eigenvalue weighted by atomic mass is 9.88. The zero-order chi connectivity index (χ0) is 20.0. The van der Waals surface area contributed by atoms with Crippen LogP contribution in [0.5, 0.6) is 0 Å². The average Bonchev–Trinajstić information content (AvgIpc) is 3.01. The Kier molecular flexibility index (Phi) is 4.64. The third-order valence-corrected chi connectivity index (χ3v) is 6.11. The van der Waals surface area contributed by atoms with Gasteiger partial charge < -0.3 is 10.4 Å². The molecule has 4 rings (SSSR count). The van der Waals surface area contributed by atoms with Crippen LogP contribution in [0.15, 0.2) is 42.5 Å². The zero-order valence-corrected chi connectivity index (χ0v) is 15.7. The van der Waals surface area contributed by atoms with Crippen molar-refractivity contribution in [1.29, 1.82) is 0 Å². The molecule has 2 N–H and O–H groups in total. The number of carboxylic acid groups (broad SMARTS) is 1. The first-order valence-corrected chi connectivity index (χ1v) is 9.45. The number of thiophene rings is 1. The van der Waals surface area contributed by atoms with Gasteiger partial charge in [0, 0.05) is 33.9 Å². The maximum Gasteiger partial charge on any atom is 0.346 e. The second-order valence-corrected chi connectivity index (χ2v) is 7.82. The molecule has 1 amide bonds. The van der Waals surface area contributed by atoms with Crippen LogP contribution >= 0.6 is 22.9 Å². The summed E-state index contributed by atoms with van der Waals surface area (Å²) in [6.07, 6.45) is -0.0603. The van der Waals surface area contributed by atoms with Gasteiger partial charge in [-0.1, -0.05) is 29.8 Å². The molecule has 8 heteroatoms. The molecular formula is C20H12ClF2NO3S. The van der Waals surface area contributed by atoms with Crippen LogP contribution in [0.1, 0.15) is 32.5 Å². The Balaban J connectivity index is 1.94. The molecule has 1 aliphatic rings. The molecule has 4 nitrogen and oxygen atoms in total.